The van der Waals surface area contributed by atoms with E-state index >= 15 is 0 Å². The van der Waals surface area contributed by atoms with Crippen molar-refractivity contribution >= 4 is 11.2 Å². The molecular weight excluding hydrogens is 268 g/mol. The van der Waals surface area contributed by atoms with Crippen LogP contribution in [0.4, 0.5) is 17.6 Å². The van der Waals surface area contributed by atoms with Crippen LogP contribution in [0.5, 0.6) is 0 Å². The van der Waals surface area contributed by atoms with Crippen LogP contribution in [0.1, 0.15) is 0 Å². The van der Waals surface area contributed by atoms with Crippen LogP contribution in [-0.4, -0.2) is 4.55 Å². The predicted molar refractivity (Wildman–Crippen MR) is 57.4 cm³/mol. The topological polar surface area (TPSA) is 23.1 Å². The lowest BCUT2D eigenvalue weighted by molar-refractivity contribution is 0.475. The Morgan fingerprint density at radius 2 is 1.11 bits per heavy atom. The van der Waals surface area contributed by atoms with E-state index in [0.717, 1.165) is 36.4 Å². The van der Waals surface area contributed by atoms with Crippen molar-refractivity contribution in [1.29, 1.82) is 0 Å². The summed E-state index contributed by atoms with van der Waals surface area (Å²) in [4.78, 5) is -1.06. The van der Waals surface area contributed by atoms with Gasteiger partial charge >= 0.3 is 0 Å². The zero-order valence-electron chi connectivity index (χ0n) is 8.79. The third kappa shape index (κ3) is 2.21. The molecular formula is C12H6F4OS. The molecule has 0 aromatic heterocycles. The first-order valence-corrected chi connectivity index (χ1v) is 5.97. The van der Waals surface area contributed by atoms with Crippen LogP contribution < -0.4 is 0 Å². The smallest absolute Gasteiger partial charge is 0.214 e. The molecule has 0 unspecified atom stereocenters. The van der Waals surface area contributed by atoms with E-state index in [1.165, 1.54) is 0 Å². The zero-order valence-corrected chi connectivity index (χ0v) is 9.61. The fourth-order valence-corrected chi connectivity index (χ4v) is 2.53. The molecule has 0 aliphatic carbocycles. The summed E-state index contributed by atoms with van der Waals surface area (Å²) >= 11 is -2.32. The standard InChI is InChI=1S/C12H6F4OS/c13-7-3-1-5-9(11(7)15)18(17)10-6-2-4-8(14)12(10)16/h1-6H. The summed E-state index contributed by atoms with van der Waals surface area (Å²) in [6.07, 6.45) is 0. The Morgan fingerprint density at radius 1 is 0.722 bits per heavy atom. The maximum atomic E-state index is 13.4. The van der Waals surface area contributed by atoms with Crippen molar-refractivity contribution < 1.29 is 22.1 Å². The molecule has 0 N–H and O–H groups in total. The highest BCUT2D eigenvalue weighted by Gasteiger charge is 2.26. The van der Waals surface area contributed by atoms with Crippen molar-refractivity contribution in [2.45, 2.75) is 9.79 Å². The molecule has 0 saturated carbocycles. The summed E-state index contributed by atoms with van der Waals surface area (Å²) < 4.78 is 64.6. The summed E-state index contributed by atoms with van der Waals surface area (Å²) in [5, 5.41) is 0. The lowest BCUT2D eigenvalue weighted by atomic mass is 10.3. The minimum absolute atomic E-state index is 0.528. The van der Waals surface area contributed by atoms with Gasteiger partial charge in [0.05, 0.1) is 0 Å². The van der Waals surface area contributed by atoms with Crippen LogP contribution in [0.15, 0.2) is 46.2 Å². The van der Waals surface area contributed by atoms with Gasteiger partial charge in [-0.3, -0.25) is 0 Å². The van der Waals surface area contributed by atoms with E-state index in [1.807, 2.05) is 0 Å². The first-order chi connectivity index (χ1) is 8.52. The monoisotopic (exact) mass is 274 g/mol. The van der Waals surface area contributed by atoms with Gasteiger partial charge in [-0.1, -0.05) is 12.1 Å². The molecule has 0 bridgehead atoms. The molecule has 0 spiro atoms. The van der Waals surface area contributed by atoms with E-state index in [9.17, 15) is 22.1 Å². The van der Waals surface area contributed by atoms with Crippen LogP contribution in [0.2, 0.25) is 0 Å². The minimum atomic E-state index is -2.32. The largest absolute Gasteiger partial charge is 0.606 e. The maximum Gasteiger partial charge on any atom is 0.214 e. The quantitative estimate of drug-likeness (QED) is 0.608. The second-order valence-corrected chi connectivity index (χ2v) is 4.79. The van der Waals surface area contributed by atoms with Crippen LogP contribution in [0.25, 0.3) is 0 Å². The third-order valence-corrected chi connectivity index (χ3v) is 3.66. The molecule has 0 heterocycles. The number of hydrogen-bond donors (Lipinski definition) is 0. The second-order valence-electron chi connectivity index (χ2n) is 3.37. The molecule has 1 nitrogen and oxygen atoms in total. The van der Waals surface area contributed by atoms with Crippen LogP contribution in [-0.2, 0) is 11.2 Å². The van der Waals surface area contributed by atoms with E-state index in [-0.39, 0.29) is 0 Å². The normalized spacial score (nSPS) is 11.0. The number of hydrogen-bond acceptors (Lipinski definition) is 1. The van der Waals surface area contributed by atoms with Crippen LogP contribution in [0.3, 0.4) is 0 Å². The highest BCUT2D eigenvalue weighted by Crippen LogP contribution is 2.27. The molecule has 0 amide bonds. The van der Waals surface area contributed by atoms with Gasteiger partial charge in [0, 0.05) is 11.2 Å². The van der Waals surface area contributed by atoms with E-state index in [0.29, 0.717) is 0 Å². The molecule has 0 saturated heterocycles. The molecule has 6 heteroatoms. The lowest BCUT2D eigenvalue weighted by Crippen LogP contribution is -2.09. The van der Waals surface area contributed by atoms with Gasteiger partial charge in [0.2, 0.25) is 11.6 Å². The Kier molecular flexibility index (Phi) is 3.58. The third-order valence-electron chi connectivity index (χ3n) is 2.23. The van der Waals surface area contributed by atoms with Crippen molar-refractivity contribution in [2.24, 2.45) is 0 Å². The van der Waals surface area contributed by atoms with Crippen molar-refractivity contribution in [3.05, 3.63) is 59.7 Å². The Bertz CT molecular complexity index is 537. The van der Waals surface area contributed by atoms with Crippen molar-refractivity contribution in [1.82, 2.24) is 0 Å². The Hall–Kier alpha value is -1.53. The minimum Gasteiger partial charge on any atom is -0.606 e. The molecule has 0 radical (unpaired) electrons. The molecule has 2 aromatic carbocycles. The zero-order chi connectivity index (χ0) is 13.3. The number of rotatable bonds is 2. The molecule has 18 heavy (non-hydrogen) atoms. The SMILES string of the molecule is [O-][S+](c1cccc(F)c1F)c1cccc(F)c1F. The Balaban J connectivity index is 2.51. The van der Waals surface area contributed by atoms with Crippen LogP contribution in [0, 0.1) is 23.3 Å². The van der Waals surface area contributed by atoms with Crippen molar-refractivity contribution in [2.75, 3.05) is 0 Å². The Labute approximate surface area is 103 Å². The molecule has 0 aliphatic rings. The van der Waals surface area contributed by atoms with E-state index in [4.69, 9.17) is 0 Å². The van der Waals surface area contributed by atoms with E-state index in [2.05, 4.69) is 0 Å². The lowest BCUT2D eigenvalue weighted by Gasteiger charge is -2.11. The molecule has 0 aliphatic heterocycles. The maximum absolute atomic E-state index is 13.4. The number of halogens is 4. The van der Waals surface area contributed by atoms with Crippen LogP contribution >= 0.6 is 0 Å². The molecule has 0 fully saturated rings. The molecule has 2 aromatic rings. The molecule has 94 valence electrons. The summed E-state index contributed by atoms with van der Waals surface area (Å²) in [5.41, 5.74) is 0. The van der Waals surface area contributed by atoms with Gasteiger partial charge in [-0.2, -0.15) is 8.78 Å². The van der Waals surface area contributed by atoms with Crippen molar-refractivity contribution in [3.63, 3.8) is 0 Å². The van der Waals surface area contributed by atoms with Gasteiger partial charge in [0.25, 0.3) is 0 Å². The number of benzene rings is 2. The fourth-order valence-electron chi connectivity index (χ4n) is 1.37. The average molecular weight is 274 g/mol. The summed E-state index contributed by atoms with van der Waals surface area (Å²) in [6.45, 7) is 0. The first kappa shape index (κ1) is 12.9. The van der Waals surface area contributed by atoms with Gasteiger partial charge in [-0.05, 0) is 24.3 Å². The molecule has 0 atom stereocenters. The fraction of sp³-hybridized carbons (Fsp3) is 0. The Morgan fingerprint density at radius 3 is 1.50 bits per heavy atom. The van der Waals surface area contributed by atoms with Gasteiger partial charge in [0.1, 0.15) is 0 Å². The average Bonchev–Trinajstić information content (AvgIpc) is 2.35. The summed E-state index contributed by atoms with van der Waals surface area (Å²) in [5.74, 6) is -5.06. The van der Waals surface area contributed by atoms with Gasteiger partial charge < -0.3 is 4.55 Å². The van der Waals surface area contributed by atoms with Gasteiger partial charge in [-0.25, -0.2) is 8.78 Å². The van der Waals surface area contributed by atoms with Gasteiger partial charge in [0.15, 0.2) is 21.4 Å². The van der Waals surface area contributed by atoms with E-state index in [1.54, 1.807) is 0 Å². The highest BCUT2D eigenvalue weighted by molar-refractivity contribution is 7.91. The summed E-state index contributed by atoms with van der Waals surface area (Å²) in [7, 11) is 0. The highest BCUT2D eigenvalue weighted by atomic mass is 32.2. The van der Waals surface area contributed by atoms with Gasteiger partial charge in [-0.15, -0.1) is 0 Å². The first-order valence-electron chi connectivity index (χ1n) is 4.82. The summed E-state index contributed by atoms with van der Waals surface area (Å²) in [6, 6.07) is 6.08. The predicted octanol–water partition coefficient (Wildman–Crippen LogP) is 3.41. The van der Waals surface area contributed by atoms with E-state index < -0.39 is 44.2 Å². The van der Waals surface area contributed by atoms with Crippen molar-refractivity contribution in [3.8, 4) is 0 Å². The second kappa shape index (κ2) is 4.99. The molecule has 2 rings (SSSR count).